The van der Waals surface area contributed by atoms with Crippen molar-refractivity contribution in [2.45, 2.75) is 32.1 Å². The summed E-state index contributed by atoms with van der Waals surface area (Å²) >= 11 is 12.0. The molecule has 0 saturated carbocycles. The van der Waals surface area contributed by atoms with E-state index in [9.17, 15) is 9.59 Å². The minimum Gasteiger partial charge on any atom is -0.325 e. The number of aldehydes is 1. The SMILES string of the molecule is CC.O=CC1=CC=C(NC(=O)C2=CC(Cl)CC=C2Cl)CC=C1. The fraction of sp³-hybridized carbons (Fsp3) is 0.294. The molecule has 2 rings (SSSR count). The average Bonchev–Trinajstić information content (AvgIpc) is 2.76. The molecule has 2 aliphatic carbocycles. The third-order valence-electron chi connectivity index (χ3n) is 2.91. The standard InChI is InChI=1S/C15H13Cl2NO2.C2H6/c16-11-5-7-14(17)13(8-11)15(20)18-12-3-1-2-10(9-19)4-6-12;1-2/h1-2,4,6-9,11H,3,5H2,(H,18,20);1-2H3. The van der Waals surface area contributed by atoms with Gasteiger partial charge in [0, 0.05) is 22.7 Å². The number of rotatable bonds is 3. The number of halogens is 2. The number of amides is 1. The van der Waals surface area contributed by atoms with Gasteiger partial charge in [0.2, 0.25) is 0 Å². The number of hydrogen-bond acceptors (Lipinski definition) is 2. The highest BCUT2D eigenvalue weighted by atomic mass is 35.5. The maximum Gasteiger partial charge on any atom is 0.256 e. The van der Waals surface area contributed by atoms with Gasteiger partial charge in [-0.25, -0.2) is 0 Å². The molecule has 118 valence electrons. The van der Waals surface area contributed by atoms with Crippen LogP contribution in [0.15, 0.2) is 58.3 Å². The molecule has 5 heteroatoms. The van der Waals surface area contributed by atoms with E-state index in [-0.39, 0.29) is 11.3 Å². The van der Waals surface area contributed by atoms with Crippen LogP contribution in [0.25, 0.3) is 0 Å². The third kappa shape index (κ3) is 5.32. The summed E-state index contributed by atoms with van der Waals surface area (Å²) in [5.41, 5.74) is 1.64. The number of carbonyl (C=O) groups excluding carboxylic acids is 2. The summed E-state index contributed by atoms with van der Waals surface area (Å²) in [7, 11) is 0. The molecule has 2 aliphatic rings. The van der Waals surface area contributed by atoms with Gasteiger partial charge < -0.3 is 5.32 Å². The predicted molar refractivity (Wildman–Crippen MR) is 91.8 cm³/mol. The van der Waals surface area contributed by atoms with Crippen molar-refractivity contribution in [2.75, 3.05) is 0 Å². The van der Waals surface area contributed by atoms with Crippen molar-refractivity contribution in [1.82, 2.24) is 5.32 Å². The van der Waals surface area contributed by atoms with E-state index in [4.69, 9.17) is 23.2 Å². The molecule has 0 saturated heterocycles. The lowest BCUT2D eigenvalue weighted by atomic mass is 10.1. The molecule has 0 heterocycles. The summed E-state index contributed by atoms with van der Waals surface area (Å²) in [6, 6.07) is 0. The molecule has 1 N–H and O–H groups in total. The fourth-order valence-electron chi connectivity index (χ4n) is 1.87. The summed E-state index contributed by atoms with van der Waals surface area (Å²) < 4.78 is 0. The number of alkyl halides is 1. The molecule has 0 aromatic rings. The van der Waals surface area contributed by atoms with Crippen molar-refractivity contribution < 1.29 is 9.59 Å². The van der Waals surface area contributed by atoms with Crippen molar-refractivity contribution in [3.8, 4) is 0 Å². The first kappa shape index (κ1) is 18.5. The van der Waals surface area contributed by atoms with E-state index in [1.54, 1.807) is 30.4 Å². The molecule has 0 radical (unpaired) electrons. The third-order valence-corrected chi connectivity index (χ3v) is 3.57. The van der Waals surface area contributed by atoms with Gasteiger partial charge in [0.25, 0.3) is 5.91 Å². The smallest absolute Gasteiger partial charge is 0.256 e. The van der Waals surface area contributed by atoms with Gasteiger partial charge in [-0.2, -0.15) is 0 Å². The van der Waals surface area contributed by atoms with E-state index in [2.05, 4.69) is 5.32 Å². The highest BCUT2D eigenvalue weighted by molar-refractivity contribution is 6.36. The molecule has 0 aromatic heterocycles. The molecule has 0 aromatic carbocycles. The normalized spacial score (nSPS) is 20.3. The first-order chi connectivity index (χ1) is 10.6. The van der Waals surface area contributed by atoms with Gasteiger partial charge in [-0.3, -0.25) is 9.59 Å². The molecular weight excluding hydrogens is 321 g/mol. The predicted octanol–water partition coefficient (Wildman–Crippen LogP) is 4.16. The lowest BCUT2D eigenvalue weighted by molar-refractivity contribution is -0.116. The van der Waals surface area contributed by atoms with Crippen molar-refractivity contribution >= 4 is 35.4 Å². The van der Waals surface area contributed by atoms with Crippen LogP contribution in [0.4, 0.5) is 0 Å². The second-order valence-corrected chi connectivity index (χ2v) is 5.39. The van der Waals surface area contributed by atoms with Crippen LogP contribution in [0, 0.1) is 0 Å². The number of hydrogen-bond donors (Lipinski definition) is 1. The van der Waals surface area contributed by atoms with Crippen LogP contribution in [-0.2, 0) is 9.59 Å². The summed E-state index contributed by atoms with van der Waals surface area (Å²) in [6.45, 7) is 4.00. The molecule has 1 unspecified atom stereocenters. The molecule has 3 nitrogen and oxygen atoms in total. The van der Waals surface area contributed by atoms with Gasteiger partial charge in [-0.1, -0.05) is 49.8 Å². The lowest BCUT2D eigenvalue weighted by Crippen LogP contribution is -2.26. The van der Waals surface area contributed by atoms with Crippen LogP contribution in [0.2, 0.25) is 0 Å². The van der Waals surface area contributed by atoms with Crippen LogP contribution in [0.5, 0.6) is 0 Å². The number of carbonyl (C=O) groups is 2. The molecular formula is C17H19Cl2NO2. The van der Waals surface area contributed by atoms with Gasteiger partial charge in [0.15, 0.2) is 0 Å². The highest BCUT2D eigenvalue weighted by Gasteiger charge is 2.19. The fourth-order valence-corrected chi connectivity index (χ4v) is 2.32. The van der Waals surface area contributed by atoms with Crippen LogP contribution in [0.1, 0.15) is 26.7 Å². The Labute approximate surface area is 141 Å². The Kier molecular flexibility index (Phi) is 7.92. The molecule has 0 spiro atoms. The minimum absolute atomic E-state index is 0.220. The zero-order valence-electron chi connectivity index (χ0n) is 12.6. The molecule has 0 aliphatic heterocycles. The van der Waals surface area contributed by atoms with Gasteiger partial charge >= 0.3 is 0 Å². The van der Waals surface area contributed by atoms with Crippen molar-refractivity contribution in [1.29, 1.82) is 0 Å². The van der Waals surface area contributed by atoms with Crippen LogP contribution < -0.4 is 5.32 Å². The summed E-state index contributed by atoms with van der Waals surface area (Å²) in [5.74, 6) is -0.292. The van der Waals surface area contributed by atoms with E-state index in [1.165, 1.54) is 0 Å². The van der Waals surface area contributed by atoms with E-state index in [0.29, 0.717) is 34.7 Å². The summed E-state index contributed by atoms with van der Waals surface area (Å²) in [4.78, 5) is 22.9. The number of nitrogens with one attached hydrogen (secondary N) is 1. The van der Waals surface area contributed by atoms with Gasteiger partial charge in [0.1, 0.15) is 6.29 Å². The first-order valence-corrected chi connectivity index (χ1v) is 7.97. The number of allylic oxidation sites excluding steroid dienone is 7. The Bertz CT molecular complexity index is 583. The largest absolute Gasteiger partial charge is 0.325 e. The lowest BCUT2D eigenvalue weighted by Gasteiger charge is -2.15. The molecule has 1 atom stereocenters. The van der Waals surface area contributed by atoms with Crippen LogP contribution >= 0.6 is 23.2 Å². The van der Waals surface area contributed by atoms with E-state index < -0.39 is 0 Å². The highest BCUT2D eigenvalue weighted by Crippen LogP contribution is 2.25. The minimum atomic E-state index is -0.292. The molecule has 1 amide bonds. The monoisotopic (exact) mass is 339 g/mol. The quantitative estimate of drug-likeness (QED) is 0.619. The van der Waals surface area contributed by atoms with Gasteiger partial charge in [0.05, 0.1) is 11.0 Å². The van der Waals surface area contributed by atoms with Crippen LogP contribution in [0.3, 0.4) is 0 Å². The maximum absolute atomic E-state index is 12.2. The topological polar surface area (TPSA) is 46.2 Å². The van der Waals surface area contributed by atoms with Crippen molar-refractivity contribution in [3.63, 3.8) is 0 Å². The zero-order chi connectivity index (χ0) is 16.5. The second-order valence-electron chi connectivity index (χ2n) is 4.42. The molecule has 22 heavy (non-hydrogen) atoms. The molecule has 0 bridgehead atoms. The van der Waals surface area contributed by atoms with E-state index in [0.717, 1.165) is 6.29 Å². The summed E-state index contributed by atoms with van der Waals surface area (Å²) in [5, 5.41) is 2.97. The van der Waals surface area contributed by atoms with Crippen molar-refractivity contribution in [2.24, 2.45) is 0 Å². The Balaban J connectivity index is 0.00000116. The first-order valence-electron chi connectivity index (χ1n) is 7.16. The van der Waals surface area contributed by atoms with E-state index in [1.807, 2.05) is 19.9 Å². The second kappa shape index (κ2) is 9.44. The van der Waals surface area contributed by atoms with Crippen LogP contribution in [-0.4, -0.2) is 17.6 Å². The summed E-state index contributed by atoms with van der Waals surface area (Å²) in [6.07, 6.45) is 12.2. The molecule has 0 fully saturated rings. The van der Waals surface area contributed by atoms with Gasteiger partial charge in [-0.05, 0) is 18.6 Å². The average molecular weight is 340 g/mol. The van der Waals surface area contributed by atoms with Gasteiger partial charge in [-0.15, -0.1) is 11.6 Å². The Morgan fingerprint density at radius 1 is 1.36 bits per heavy atom. The Hall–Kier alpha value is -1.58. The van der Waals surface area contributed by atoms with Crippen molar-refractivity contribution in [3.05, 3.63) is 58.3 Å². The Morgan fingerprint density at radius 3 is 2.77 bits per heavy atom. The maximum atomic E-state index is 12.2. The Morgan fingerprint density at radius 2 is 2.09 bits per heavy atom. The zero-order valence-corrected chi connectivity index (χ0v) is 14.1. The van der Waals surface area contributed by atoms with E-state index >= 15 is 0 Å².